The number of aromatic hydroxyl groups is 1. The van der Waals surface area contributed by atoms with Gasteiger partial charge in [-0.15, -0.1) is 0 Å². The molecular formula is C11H12N2O4. The molecule has 0 spiro atoms. The number of nitro benzene ring substituents is 1. The molecule has 1 aliphatic heterocycles. The lowest BCUT2D eigenvalue weighted by Gasteiger charge is -2.26. The van der Waals surface area contributed by atoms with Crippen LogP contribution >= 0.6 is 0 Å². The van der Waals surface area contributed by atoms with Crippen molar-refractivity contribution in [3.05, 3.63) is 33.4 Å². The molecule has 0 saturated carbocycles. The first-order chi connectivity index (χ1) is 8.06. The summed E-state index contributed by atoms with van der Waals surface area (Å²) in [6.45, 7) is 1.03. The Labute approximate surface area is 97.2 Å². The number of piperidine rings is 1. The van der Waals surface area contributed by atoms with E-state index in [-0.39, 0.29) is 23.3 Å². The molecule has 1 aromatic rings. The predicted molar refractivity (Wildman–Crippen MR) is 58.2 cm³/mol. The average Bonchev–Trinajstić information content (AvgIpc) is 2.49. The van der Waals surface area contributed by atoms with Crippen molar-refractivity contribution in [2.45, 2.75) is 18.3 Å². The summed E-state index contributed by atoms with van der Waals surface area (Å²) in [5.41, 5.74) is 1.59. The third kappa shape index (κ3) is 1.49. The van der Waals surface area contributed by atoms with Gasteiger partial charge in [-0.05, 0) is 29.5 Å². The summed E-state index contributed by atoms with van der Waals surface area (Å²) in [4.78, 5) is 10.2. The molecule has 0 amide bonds. The largest absolute Gasteiger partial charge is 0.502 e. The van der Waals surface area contributed by atoms with Gasteiger partial charge in [0.15, 0.2) is 5.75 Å². The van der Waals surface area contributed by atoms with E-state index in [9.17, 15) is 20.4 Å². The fourth-order valence-corrected chi connectivity index (χ4v) is 2.99. The van der Waals surface area contributed by atoms with E-state index in [0.29, 0.717) is 13.1 Å². The van der Waals surface area contributed by atoms with E-state index in [4.69, 9.17) is 0 Å². The summed E-state index contributed by atoms with van der Waals surface area (Å²) in [6, 6.07) is 2.94. The van der Waals surface area contributed by atoms with Gasteiger partial charge in [0.25, 0.3) is 0 Å². The van der Waals surface area contributed by atoms with Crippen LogP contribution in [0.2, 0.25) is 0 Å². The van der Waals surface area contributed by atoms with Crippen LogP contribution < -0.4 is 0 Å². The van der Waals surface area contributed by atoms with Crippen LogP contribution in [0.4, 0.5) is 5.69 Å². The highest BCUT2D eigenvalue weighted by Gasteiger charge is 2.39. The van der Waals surface area contributed by atoms with E-state index in [1.807, 2.05) is 0 Å². The van der Waals surface area contributed by atoms with Crippen LogP contribution in [-0.2, 0) is 0 Å². The Hall–Kier alpha value is -1.66. The Morgan fingerprint density at radius 3 is 2.47 bits per heavy atom. The second kappa shape index (κ2) is 3.41. The Morgan fingerprint density at radius 1 is 1.29 bits per heavy atom. The number of phenols is 1. The molecule has 2 aliphatic rings. The zero-order chi connectivity index (χ0) is 12.2. The van der Waals surface area contributed by atoms with Crippen LogP contribution in [0.5, 0.6) is 5.75 Å². The quantitative estimate of drug-likeness (QED) is 0.571. The topological polar surface area (TPSA) is 86.8 Å². The standard InChI is InChI=1S/C11H12N2O4/c14-11-3-9-7-1-6(4-12(15)5-7)8(9)2-10(11)13(16)17/h2-3,6-7,14-15H,1,4-5H2. The van der Waals surface area contributed by atoms with Crippen molar-refractivity contribution in [1.29, 1.82) is 0 Å². The highest BCUT2D eigenvalue weighted by atomic mass is 16.6. The van der Waals surface area contributed by atoms with Crippen LogP contribution in [0, 0.1) is 10.1 Å². The van der Waals surface area contributed by atoms with Crippen LogP contribution in [0.15, 0.2) is 12.1 Å². The van der Waals surface area contributed by atoms with Gasteiger partial charge in [-0.1, -0.05) is 0 Å². The minimum Gasteiger partial charge on any atom is -0.502 e. The van der Waals surface area contributed by atoms with Crippen LogP contribution in [0.3, 0.4) is 0 Å². The molecule has 3 rings (SSSR count). The smallest absolute Gasteiger partial charge is 0.310 e. The Balaban J connectivity index is 2.12. The van der Waals surface area contributed by atoms with Gasteiger partial charge in [-0.3, -0.25) is 10.1 Å². The van der Waals surface area contributed by atoms with Crippen molar-refractivity contribution in [1.82, 2.24) is 5.06 Å². The monoisotopic (exact) mass is 236 g/mol. The van der Waals surface area contributed by atoms with E-state index in [2.05, 4.69) is 0 Å². The van der Waals surface area contributed by atoms with E-state index < -0.39 is 4.92 Å². The maximum absolute atomic E-state index is 10.8. The summed E-state index contributed by atoms with van der Waals surface area (Å²) >= 11 is 0. The van der Waals surface area contributed by atoms with Gasteiger partial charge in [-0.25, -0.2) is 0 Å². The first-order valence-electron chi connectivity index (χ1n) is 5.51. The van der Waals surface area contributed by atoms with E-state index in [0.717, 1.165) is 17.5 Å². The Morgan fingerprint density at radius 2 is 1.88 bits per heavy atom. The highest BCUT2D eigenvalue weighted by molar-refractivity contribution is 5.55. The van der Waals surface area contributed by atoms with Gasteiger partial charge in [0.1, 0.15) is 0 Å². The Kier molecular flexibility index (Phi) is 2.11. The van der Waals surface area contributed by atoms with Crippen LogP contribution in [0.1, 0.15) is 29.4 Å². The fraction of sp³-hybridized carbons (Fsp3) is 0.455. The fourth-order valence-electron chi connectivity index (χ4n) is 2.99. The minimum absolute atomic E-state index is 0.132. The molecule has 6 heteroatoms. The number of rotatable bonds is 1. The van der Waals surface area contributed by atoms with Gasteiger partial charge in [0, 0.05) is 25.1 Å². The molecule has 6 nitrogen and oxygen atoms in total. The Bertz CT molecular complexity index is 502. The van der Waals surface area contributed by atoms with Crippen molar-refractivity contribution in [2.75, 3.05) is 13.1 Å². The molecule has 1 fully saturated rings. The normalized spacial score (nSPS) is 26.9. The lowest BCUT2D eigenvalue weighted by Crippen LogP contribution is -2.31. The molecule has 1 aliphatic carbocycles. The molecule has 1 heterocycles. The number of fused-ring (bicyclic) bond motifs is 5. The molecule has 0 aromatic heterocycles. The summed E-state index contributed by atoms with van der Waals surface area (Å²) in [7, 11) is 0. The second-order valence-corrected chi connectivity index (χ2v) is 4.73. The maximum Gasteiger partial charge on any atom is 0.310 e. The molecule has 2 bridgehead atoms. The number of hydrogen-bond donors (Lipinski definition) is 2. The average molecular weight is 236 g/mol. The number of nitrogens with zero attached hydrogens (tertiary/aromatic N) is 2. The van der Waals surface area contributed by atoms with Crippen molar-refractivity contribution in [2.24, 2.45) is 0 Å². The van der Waals surface area contributed by atoms with Crippen molar-refractivity contribution < 1.29 is 15.2 Å². The van der Waals surface area contributed by atoms with E-state index in [1.54, 1.807) is 0 Å². The number of benzene rings is 1. The van der Waals surface area contributed by atoms with E-state index in [1.165, 1.54) is 17.2 Å². The number of nitro groups is 1. The third-order valence-electron chi connectivity index (χ3n) is 3.69. The summed E-state index contributed by atoms with van der Waals surface area (Å²) < 4.78 is 0. The van der Waals surface area contributed by atoms with E-state index >= 15 is 0 Å². The van der Waals surface area contributed by atoms with Crippen LogP contribution in [0.25, 0.3) is 0 Å². The first kappa shape index (κ1) is 10.5. The highest BCUT2D eigenvalue weighted by Crippen LogP contribution is 2.48. The SMILES string of the molecule is O=[N+]([O-])c1cc2c(cc1O)C1CC2CN(O)C1. The lowest BCUT2D eigenvalue weighted by molar-refractivity contribution is -0.385. The molecule has 2 atom stereocenters. The molecular weight excluding hydrogens is 224 g/mol. The number of hydroxylamine groups is 2. The van der Waals surface area contributed by atoms with Gasteiger partial charge >= 0.3 is 5.69 Å². The van der Waals surface area contributed by atoms with Gasteiger partial charge in [0.2, 0.25) is 0 Å². The second-order valence-electron chi connectivity index (χ2n) is 4.73. The zero-order valence-corrected chi connectivity index (χ0v) is 9.04. The number of phenolic OH excluding ortho intramolecular Hbond substituents is 1. The van der Waals surface area contributed by atoms with Crippen molar-refractivity contribution in [3.8, 4) is 5.75 Å². The van der Waals surface area contributed by atoms with Crippen molar-refractivity contribution in [3.63, 3.8) is 0 Å². The zero-order valence-electron chi connectivity index (χ0n) is 9.04. The van der Waals surface area contributed by atoms with Gasteiger partial charge in [-0.2, -0.15) is 5.06 Å². The molecule has 2 N–H and O–H groups in total. The molecule has 2 unspecified atom stereocenters. The summed E-state index contributed by atoms with van der Waals surface area (Å²) in [6.07, 6.45) is 0.896. The van der Waals surface area contributed by atoms with Crippen LogP contribution in [-0.4, -0.2) is 33.4 Å². The first-order valence-corrected chi connectivity index (χ1v) is 5.51. The predicted octanol–water partition coefficient (Wildman–Crippen LogP) is 1.58. The molecule has 1 aromatic carbocycles. The third-order valence-corrected chi connectivity index (χ3v) is 3.69. The van der Waals surface area contributed by atoms with Gasteiger partial charge in [0.05, 0.1) is 4.92 Å². The lowest BCUT2D eigenvalue weighted by atomic mass is 9.97. The number of hydrogen-bond acceptors (Lipinski definition) is 5. The minimum atomic E-state index is -0.575. The maximum atomic E-state index is 10.8. The molecule has 1 saturated heterocycles. The van der Waals surface area contributed by atoms with Gasteiger partial charge < -0.3 is 10.3 Å². The molecule has 90 valence electrons. The summed E-state index contributed by atoms with van der Waals surface area (Å²) in [5.74, 6) is 0.0132. The summed E-state index contributed by atoms with van der Waals surface area (Å²) in [5, 5.41) is 31.2. The molecule has 17 heavy (non-hydrogen) atoms. The van der Waals surface area contributed by atoms with Crippen molar-refractivity contribution >= 4 is 5.69 Å². The molecule has 0 radical (unpaired) electrons.